The smallest absolute Gasteiger partial charge is 0.358 e. The summed E-state index contributed by atoms with van der Waals surface area (Å²) in [5, 5.41) is 5.73. The molecular weight excluding hydrogens is 481 g/mol. The highest BCUT2D eigenvalue weighted by Crippen LogP contribution is 2.42. The monoisotopic (exact) mass is 508 g/mol. The summed E-state index contributed by atoms with van der Waals surface area (Å²) < 4.78 is 40.9. The van der Waals surface area contributed by atoms with Gasteiger partial charge in [-0.05, 0) is 62.7 Å². The lowest BCUT2D eigenvalue weighted by atomic mass is 9.90. The van der Waals surface area contributed by atoms with Crippen molar-refractivity contribution < 1.29 is 22.8 Å². The number of rotatable bonds is 6. The molecule has 1 aromatic heterocycles. The van der Waals surface area contributed by atoms with Crippen molar-refractivity contribution in [3.05, 3.63) is 88.2 Å². The maximum Gasteiger partial charge on any atom is 0.416 e. The Labute approximate surface area is 212 Å². The predicted octanol–water partition coefficient (Wildman–Crippen LogP) is 5.08. The standard InChI is InChI=1S/C28H27F3N4O2/c1-17-15-21(26(36)32-11-14-35-12-4-5-13-35)25(33-17)23(18-7-6-8-19(16-18)28(29,30)31)24-20-9-2-3-10-22(20)34-27(24)37/h2-3,6-10,15-16,33H,4-5,11-14H2,1H3,(H,32,36)(H,34,37). The number of hydrogen-bond acceptors (Lipinski definition) is 3. The molecule has 1 saturated heterocycles. The van der Waals surface area contributed by atoms with Crippen LogP contribution in [0.4, 0.5) is 18.9 Å². The van der Waals surface area contributed by atoms with Crippen LogP contribution < -0.4 is 10.6 Å². The summed E-state index contributed by atoms with van der Waals surface area (Å²) in [6, 6.07) is 13.5. The van der Waals surface area contributed by atoms with Crippen LogP contribution in [0, 0.1) is 6.92 Å². The van der Waals surface area contributed by atoms with E-state index < -0.39 is 17.6 Å². The molecule has 5 rings (SSSR count). The van der Waals surface area contributed by atoms with Gasteiger partial charge in [-0.15, -0.1) is 0 Å². The SMILES string of the molecule is Cc1cc(C(=O)NCCN2CCCC2)c(C(=C2C(=O)Nc3ccccc32)c2cccc(C(F)(F)F)c2)[nH]1. The van der Waals surface area contributed by atoms with Crippen molar-refractivity contribution >= 4 is 28.6 Å². The minimum absolute atomic E-state index is 0.185. The minimum atomic E-state index is -4.57. The number of aromatic nitrogens is 1. The fourth-order valence-electron chi connectivity index (χ4n) is 5.02. The molecule has 0 atom stereocenters. The van der Waals surface area contributed by atoms with Crippen molar-refractivity contribution in [2.24, 2.45) is 0 Å². The van der Waals surface area contributed by atoms with Gasteiger partial charge < -0.3 is 20.5 Å². The number of para-hydroxylation sites is 1. The Kier molecular flexibility index (Phi) is 6.64. The fourth-order valence-corrected chi connectivity index (χ4v) is 5.02. The highest BCUT2D eigenvalue weighted by molar-refractivity contribution is 6.38. The zero-order valence-corrected chi connectivity index (χ0v) is 20.3. The van der Waals surface area contributed by atoms with Crippen molar-refractivity contribution in [3.63, 3.8) is 0 Å². The number of fused-ring (bicyclic) bond motifs is 1. The number of carbonyl (C=O) groups is 2. The van der Waals surface area contributed by atoms with Crippen LogP contribution in [0.25, 0.3) is 11.1 Å². The Balaban J connectivity index is 1.62. The summed E-state index contributed by atoms with van der Waals surface area (Å²) >= 11 is 0. The molecule has 0 radical (unpaired) electrons. The number of amides is 2. The Morgan fingerprint density at radius 2 is 1.81 bits per heavy atom. The van der Waals surface area contributed by atoms with Gasteiger partial charge in [-0.1, -0.05) is 30.3 Å². The topological polar surface area (TPSA) is 77.2 Å². The second-order valence-electron chi connectivity index (χ2n) is 9.37. The molecule has 2 amide bonds. The van der Waals surface area contributed by atoms with Gasteiger partial charge in [-0.2, -0.15) is 13.2 Å². The molecular formula is C28H27F3N4O2. The number of likely N-dealkylation sites (tertiary alicyclic amines) is 1. The molecule has 0 unspecified atom stereocenters. The lowest BCUT2D eigenvalue weighted by molar-refractivity contribution is -0.137. The molecule has 2 aliphatic rings. The molecule has 2 aromatic carbocycles. The van der Waals surface area contributed by atoms with E-state index in [2.05, 4.69) is 20.5 Å². The number of carbonyl (C=O) groups excluding carboxylic acids is 2. The van der Waals surface area contributed by atoms with Gasteiger partial charge >= 0.3 is 6.18 Å². The molecule has 37 heavy (non-hydrogen) atoms. The van der Waals surface area contributed by atoms with Crippen LogP contribution in [-0.2, 0) is 11.0 Å². The molecule has 9 heteroatoms. The van der Waals surface area contributed by atoms with Crippen molar-refractivity contribution in [3.8, 4) is 0 Å². The number of H-pyrrole nitrogens is 1. The number of aromatic amines is 1. The van der Waals surface area contributed by atoms with E-state index in [0.717, 1.165) is 44.6 Å². The molecule has 3 aromatic rings. The summed E-state index contributed by atoms with van der Waals surface area (Å²) in [4.78, 5) is 31.9. The highest BCUT2D eigenvalue weighted by atomic mass is 19.4. The average Bonchev–Trinajstić information content (AvgIpc) is 3.59. The van der Waals surface area contributed by atoms with Gasteiger partial charge in [0, 0.05) is 35.6 Å². The number of benzene rings is 2. The van der Waals surface area contributed by atoms with Crippen LogP contribution >= 0.6 is 0 Å². The zero-order valence-electron chi connectivity index (χ0n) is 20.3. The van der Waals surface area contributed by atoms with E-state index in [1.54, 1.807) is 37.3 Å². The summed E-state index contributed by atoms with van der Waals surface area (Å²) in [6.45, 7) is 4.94. The Bertz CT molecular complexity index is 1380. The minimum Gasteiger partial charge on any atom is -0.358 e. The molecule has 0 spiro atoms. The van der Waals surface area contributed by atoms with E-state index in [1.807, 2.05) is 0 Å². The molecule has 3 heterocycles. The van der Waals surface area contributed by atoms with E-state index in [9.17, 15) is 22.8 Å². The maximum atomic E-state index is 13.6. The van der Waals surface area contributed by atoms with E-state index in [1.165, 1.54) is 12.1 Å². The number of hydrogen-bond donors (Lipinski definition) is 3. The first-order valence-electron chi connectivity index (χ1n) is 12.3. The van der Waals surface area contributed by atoms with Gasteiger partial charge in [0.2, 0.25) is 0 Å². The second-order valence-corrected chi connectivity index (χ2v) is 9.37. The molecule has 0 saturated carbocycles. The average molecular weight is 509 g/mol. The van der Waals surface area contributed by atoms with E-state index in [0.29, 0.717) is 29.2 Å². The van der Waals surface area contributed by atoms with E-state index in [4.69, 9.17) is 0 Å². The number of nitrogens with one attached hydrogen (secondary N) is 3. The van der Waals surface area contributed by atoms with Crippen LogP contribution in [0.2, 0.25) is 0 Å². The summed E-state index contributed by atoms with van der Waals surface area (Å²) in [6.07, 6.45) is -2.28. The molecule has 6 nitrogen and oxygen atoms in total. The van der Waals surface area contributed by atoms with Gasteiger partial charge in [-0.3, -0.25) is 9.59 Å². The molecule has 192 valence electrons. The van der Waals surface area contributed by atoms with E-state index in [-0.39, 0.29) is 28.2 Å². The highest BCUT2D eigenvalue weighted by Gasteiger charge is 2.34. The van der Waals surface area contributed by atoms with Gasteiger partial charge in [0.25, 0.3) is 11.8 Å². The summed E-state index contributed by atoms with van der Waals surface area (Å²) in [7, 11) is 0. The second kappa shape index (κ2) is 9.89. The first-order chi connectivity index (χ1) is 17.7. The summed E-state index contributed by atoms with van der Waals surface area (Å²) in [5.41, 5.74) is 2.15. The quantitative estimate of drug-likeness (QED) is 0.407. The van der Waals surface area contributed by atoms with E-state index >= 15 is 0 Å². The normalized spacial score (nSPS) is 17.0. The third kappa shape index (κ3) is 5.04. The number of alkyl halides is 3. The first-order valence-corrected chi connectivity index (χ1v) is 12.3. The van der Waals surface area contributed by atoms with Gasteiger partial charge in [-0.25, -0.2) is 0 Å². The molecule has 0 bridgehead atoms. The number of aryl methyl sites for hydroxylation is 1. The van der Waals surface area contributed by atoms with Gasteiger partial charge in [0.05, 0.1) is 22.4 Å². The van der Waals surface area contributed by atoms with Crippen molar-refractivity contribution in [1.82, 2.24) is 15.2 Å². The third-order valence-electron chi connectivity index (χ3n) is 6.76. The Morgan fingerprint density at radius 1 is 1.05 bits per heavy atom. The molecule has 0 aliphatic carbocycles. The lowest BCUT2D eigenvalue weighted by Gasteiger charge is -2.16. The van der Waals surface area contributed by atoms with Crippen LogP contribution in [0.15, 0.2) is 54.6 Å². The Morgan fingerprint density at radius 3 is 2.57 bits per heavy atom. The predicted molar refractivity (Wildman–Crippen MR) is 136 cm³/mol. The maximum absolute atomic E-state index is 13.6. The molecule has 2 aliphatic heterocycles. The van der Waals surface area contributed by atoms with Crippen molar-refractivity contribution in [2.75, 3.05) is 31.5 Å². The van der Waals surface area contributed by atoms with Gasteiger partial charge in [0.1, 0.15) is 0 Å². The first kappa shape index (κ1) is 24.8. The number of halogens is 3. The van der Waals surface area contributed by atoms with Crippen LogP contribution in [0.3, 0.4) is 0 Å². The van der Waals surface area contributed by atoms with Crippen LogP contribution in [-0.4, -0.2) is 47.9 Å². The Hall–Kier alpha value is -3.85. The van der Waals surface area contributed by atoms with Gasteiger partial charge in [0.15, 0.2) is 0 Å². The fraction of sp³-hybridized carbons (Fsp3) is 0.286. The number of anilines is 1. The zero-order chi connectivity index (χ0) is 26.2. The molecule has 1 fully saturated rings. The van der Waals surface area contributed by atoms with Crippen LogP contribution in [0.1, 0.15) is 51.3 Å². The molecule has 3 N–H and O–H groups in total. The summed E-state index contributed by atoms with van der Waals surface area (Å²) in [5.74, 6) is -0.795. The lowest BCUT2D eigenvalue weighted by Crippen LogP contribution is -2.33. The van der Waals surface area contributed by atoms with Crippen LogP contribution in [0.5, 0.6) is 0 Å². The third-order valence-corrected chi connectivity index (χ3v) is 6.76. The largest absolute Gasteiger partial charge is 0.416 e. The van der Waals surface area contributed by atoms with Crippen molar-refractivity contribution in [1.29, 1.82) is 0 Å². The number of nitrogens with zero attached hydrogens (tertiary/aromatic N) is 1. The van der Waals surface area contributed by atoms with Crippen molar-refractivity contribution in [2.45, 2.75) is 25.9 Å².